The van der Waals surface area contributed by atoms with Crippen molar-refractivity contribution < 1.29 is 9.59 Å². The summed E-state index contributed by atoms with van der Waals surface area (Å²) in [5.74, 6) is -1.30. The molecule has 2 heterocycles. The number of carbonyl (C=O) groups is 2. The van der Waals surface area contributed by atoms with Crippen molar-refractivity contribution in [3.63, 3.8) is 0 Å². The van der Waals surface area contributed by atoms with Gasteiger partial charge in [0.2, 0.25) is 0 Å². The fraction of sp³-hybridized carbons (Fsp3) is 0.111. The molecule has 3 rings (SSSR count). The van der Waals surface area contributed by atoms with Crippen LogP contribution in [0.25, 0.3) is 5.69 Å². The quantitative estimate of drug-likeness (QED) is 0.592. The Morgan fingerprint density at radius 2 is 1.92 bits per heavy atom. The maximum Gasteiger partial charge on any atom is 0.296 e. The molecule has 0 saturated heterocycles. The molecule has 0 aliphatic carbocycles. The number of ketones is 1. The van der Waals surface area contributed by atoms with Gasteiger partial charge in [-0.05, 0) is 31.5 Å². The van der Waals surface area contributed by atoms with Gasteiger partial charge in [-0.3, -0.25) is 14.6 Å². The van der Waals surface area contributed by atoms with Crippen LogP contribution in [0.3, 0.4) is 0 Å². The molecule has 0 bridgehead atoms. The van der Waals surface area contributed by atoms with Crippen LogP contribution in [0.5, 0.6) is 0 Å². The van der Waals surface area contributed by atoms with Crippen LogP contribution >= 0.6 is 0 Å². The first-order valence-corrected chi connectivity index (χ1v) is 7.42. The number of hydrogen-bond acceptors (Lipinski definition) is 4. The van der Waals surface area contributed by atoms with E-state index in [1.54, 1.807) is 41.3 Å². The third kappa shape index (κ3) is 3.22. The largest absolute Gasteiger partial charge is 0.316 e. The second-order valence-corrected chi connectivity index (χ2v) is 5.51. The van der Waals surface area contributed by atoms with E-state index in [9.17, 15) is 9.59 Å². The number of Topliss-reactive ketones (excluding diaryl/α,β-unsaturated/α-hetero) is 1. The highest BCUT2D eigenvalue weighted by atomic mass is 16.2. The van der Waals surface area contributed by atoms with Crippen molar-refractivity contribution in [3.8, 4) is 5.69 Å². The predicted octanol–water partition coefficient (Wildman–Crippen LogP) is 2.71. The van der Waals surface area contributed by atoms with E-state index in [0.29, 0.717) is 16.9 Å². The first-order valence-electron chi connectivity index (χ1n) is 7.42. The zero-order valence-corrected chi connectivity index (χ0v) is 13.4. The Balaban J connectivity index is 1.86. The summed E-state index contributed by atoms with van der Waals surface area (Å²) >= 11 is 0. The molecule has 0 fully saturated rings. The fourth-order valence-electron chi connectivity index (χ4n) is 2.32. The van der Waals surface area contributed by atoms with Gasteiger partial charge in [0.05, 0.1) is 23.8 Å². The maximum atomic E-state index is 12.3. The number of carbonyl (C=O) groups excluding carboxylic acids is 2. The van der Waals surface area contributed by atoms with Crippen LogP contribution in [0, 0.1) is 13.8 Å². The van der Waals surface area contributed by atoms with Gasteiger partial charge in [0.25, 0.3) is 11.7 Å². The van der Waals surface area contributed by atoms with Crippen molar-refractivity contribution in [2.45, 2.75) is 13.8 Å². The van der Waals surface area contributed by atoms with Crippen molar-refractivity contribution in [1.82, 2.24) is 14.8 Å². The fourth-order valence-corrected chi connectivity index (χ4v) is 2.32. The first-order chi connectivity index (χ1) is 11.5. The van der Waals surface area contributed by atoms with E-state index in [4.69, 9.17) is 0 Å². The highest BCUT2D eigenvalue weighted by molar-refractivity contribution is 6.46. The lowest BCUT2D eigenvalue weighted by molar-refractivity contribution is -0.112. The number of hydrogen-bond donors (Lipinski definition) is 1. The van der Waals surface area contributed by atoms with Gasteiger partial charge in [0.1, 0.15) is 0 Å². The minimum Gasteiger partial charge on any atom is -0.316 e. The summed E-state index contributed by atoms with van der Waals surface area (Å²) in [4.78, 5) is 28.6. The molecule has 0 unspecified atom stereocenters. The Hall–Kier alpha value is -3.28. The summed E-state index contributed by atoms with van der Waals surface area (Å²) in [5.41, 5.74) is 3.32. The summed E-state index contributed by atoms with van der Waals surface area (Å²) in [5, 5.41) is 6.85. The SMILES string of the molecule is Cc1cccc(C(=O)C(=O)Nc2cnccc2-n2cc(C)cn2)c1. The van der Waals surface area contributed by atoms with Gasteiger partial charge in [-0.15, -0.1) is 0 Å². The number of pyridine rings is 1. The van der Waals surface area contributed by atoms with Crippen LogP contribution in [0.2, 0.25) is 0 Å². The van der Waals surface area contributed by atoms with Gasteiger partial charge in [-0.2, -0.15) is 5.10 Å². The Kier molecular flexibility index (Phi) is 4.20. The normalized spacial score (nSPS) is 10.4. The van der Waals surface area contributed by atoms with E-state index in [0.717, 1.165) is 11.1 Å². The second kappa shape index (κ2) is 6.45. The molecule has 6 nitrogen and oxygen atoms in total. The predicted molar refractivity (Wildman–Crippen MR) is 90.2 cm³/mol. The van der Waals surface area contributed by atoms with Crippen LogP contribution in [-0.4, -0.2) is 26.5 Å². The van der Waals surface area contributed by atoms with Gasteiger partial charge in [0, 0.05) is 18.0 Å². The monoisotopic (exact) mass is 320 g/mol. The molecule has 2 aromatic heterocycles. The molecule has 120 valence electrons. The number of amides is 1. The van der Waals surface area contributed by atoms with Crippen molar-refractivity contribution in [1.29, 1.82) is 0 Å². The van der Waals surface area contributed by atoms with Crippen LogP contribution in [-0.2, 0) is 4.79 Å². The van der Waals surface area contributed by atoms with Gasteiger partial charge in [-0.1, -0.05) is 23.8 Å². The zero-order valence-electron chi connectivity index (χ0n) is 13.4. The minimum atomic E-state index is -0.710. The number of nitrogens with zero attached hydrogens (tertiary/aromatic N) is 3. The lowest BCUT2D eigenvalue weighted by atomic mass is 10.1. The van der Waals surface area contributed by atoms with E-state index in [2.05, 4.69) is 15.4 Å². The minimum absolute atomic E-state index is 0.355. The smallest absolute Gasteiger partial charge is 0.296 e. The summed E-state index contributed by atoms with van der Waals surface area (Å²) in [6.45, 7) is 3.79. The Morgan fingerprint density at radius 3 is 2.62 bits per heavy atom. The molecule has 0 radical (unpaired) electrons. The highest BCUT2D eigenvalue weighted by Crippen LogP contribution is 2.19. The molecular weight excluding hydrogens is 304 g/mol. The maximum absolute atomic E-state index is 12.3. The van der Waals surface area contributed by atoms with Gasteiger partial charge in [0.15, 0.2) is 0 Å². The third-order valence-corrected chi connectivity index (χ3v) is 3.49. The molecule has 0 aliphatic rings. The summed E-state index contributed by atoms with van der Waals surface area (Å²) in [7, 11) is 0. The summed E-state index contributed by atoms with van der Waals surface area (Å²) < 4.78 is 1.63. The van der Waals surface area contributed by atoms with Crippen LogP contribution in [0.1, 0.15) is 21.5 Å². The molecule has 24 heavy (non-hydrogen) atoms. The molecule has 0 saturated carbocycles. The molecule has 1 aromatic carbocycles. The number of anilines is 1. The standard InChI is InChI=1S/C18H16N4O2/c1-12-4-3-5-14(8-12)17(23)18(24)21-15-10-19-7-6-16(15)22-11-13(2)9-20-22/h3-11H,1-2H3,(H,21,24). The molecule has 0 spiro atoms. The molecule has 1 N–H and O–H groups in total. The van der Waals surface area contributed by atoms with Crippen molar-refractivity contribution in [2.24, 2.45) is 0 Å². The number of nitrogens with one attached hydrogen (secondary N) is 1. The van der Waals surface area contributed by atoms with Gasteiger partial charge >= 0.3 is 0 Å². The van der Waals surface area contributed by atoms with Gasteiger partial charge in [-0.25, -0.2) is 4.68 Å². The van der Waals surface area contributed by atoms with E-state index in [-0.39, 0.29) is 0 Å². The Bertz CT molecular complexity index is 915. The Labute approximate surface area is 139 Å². The average Bonchev–Trinajstić information content (AvgIpc) is 3.01. The van der Waals surface area contributed by atoms with Crippen molar-refractivity contribution in [3.05, 3.63) is 71.8 Å². The number of benzene rings is 1. The summed E-state index contributed by atoms with van der Waals surface area (Å²) in [6.07, 6.45) is 6.63. The lowest BCUT2D eigenvalue weighted by Gasteiger charge is -2.10. The molecule has 6 heteroatoms. The van der Waals surface area contributed by atoms with Crippen molar-refractivity contribution >= 4 is 17.4 Å². The van der Waals surface area contributed by atoms with Crippen LogP contribution < -0.4 is 5.32 Å². The molecule has 0 atom stereocenters. The van der Waals surface area contributed by atoms with E-state index in [1.807, 2.05) is 26.1 Å². The van der Waals surface area contributed by atoms with E-state index in [1.165, 1.54) is 6.20 Å². The van der Waals surface area contributed by atoms with E-state index >= 15 is 0 Å². The van der Waals surface area contributed by atoms with Crippen LogP contribution in [0.4, 0.5) is 5.69 Å². The Morgan fingerprint density at radius 1 is 1.08 bits per heavy atom. The molecule has 0 aliphatic heterocycles. The van der Waals surface area contributed by atoms with Crippen LogP contribution in [0.15, 0.2) is 55.1 Å². The van der Waals surface area contributed by atoms with Crippen molar-refractivity contribution in [2.75, 3.05) is 5.32 Å². The lowest BCUT2D eigenvalue weighted by Crippen LogP contribution is -2.23. The molecular formula is C18H16N4O2. The summed E-state index contributed by atoms with van der Waals surface area (Å²) in [6, 6.07) is 8.64. The zero-order chi connectivity index (χ0) is 17.1. The van der Waals surface area contributed by atoms with Gasteiger partial charge < -0.3 is 5.32 Å². The topological polar surface area (TPSA) is 76.9 Å². The second-order valence-electron chi connectivity index (χ2n) is 5.51. The molecule has 3 aromatic rings. The highest BCUT2D eigenvalue weighted by Gasteiger charge is 2.18. The molecule has 1 amide bonds. The third-order valence-electron chi connectivity index (χ3n) is 3.49. The number of aryl methyl sites for hydroxylation is 2. The van der Waals surface area contributed by atoms with E-state index < -0.39 is 11.7 Å². The first kappa shape index (κ1) is 15.6. The number of aromatic nitrogens is 3. The average molecular weight is 320 g/mol. The number of rotatable bonds is 4.